The maximum absolute atomic E-state index is 9.17. The fourth-order valence-electron chi connectivity index (χ4n) is 2.88. The third kappa shape index (κ3) is 2.97. The van der Waals surface area contributed by atoms with E-state index in [0.717, 1.165) is 23.1 Å². The lowest BCUT2D eigenvalue weighted by atomic mass is 9.79. The van der Waals surface area contributed by atoms with E-state index in [1.54, 1.807) is 12.1 Å². The first-order valence-electron chi connectivity index (χ1n) is 7.25. The molecule has 0 spiro atoms. The highest BCUT2D eigenvalue weighted by molar-refractivity contribution is 6.58. The molecule has 20 heavy (non-hydrogen) atoms. The zero-order valence-electron chi connectivity index (χ0n) is 11.5. The van der Waals surface area contributed by atoms with Gasteiger partial charge in [0.2, 0.25) is 0 Å². The molecular weight excluding hydrogens is 251 g/mol. The molecule has 2 aromatic carbocycles. The molecule has 0 bridgehead atoms. The number of rotatable bonds is 4. The molecule has 1 fully saturated rings. The van der Waals surface area contributed by atoms with E-state index in [1.807, 2.05) is 24.3 Å². The molecule has 4 heteroatoms. The summed E-state index contributed by atoms with van der Waals surface area (Å²) < 4.78 is 5.88. The molecular formula is C16H19BO3. The molecule has 0 radical (unpaired) electrons. The van der Waals surface area contributed by atoms with Gasteiger partial charge in [-0.3, -0.25) is 0 Å². The van der Waals surface area contributed by atoms with E-state index < -0.39 is 7.12 Å². The Morgan fingerprint density at radius 2 is 1.70 bits per heavy atom. The predicted octanol–water partition coefficient (Wildman–Crippen LogP) is 2.09. The Balaban J connectivity index is 1.74. The standard InChI is InChI=1S/C16H19BO3/c18-17(19)15-7-5-14-10-16(8-6-13(14)9-15)20-11-12-3-1-2-4-12/h5-10,12,18-19H,1-4,11H2. The van der Waals surface area contributed by atoms with Crippen molar-refractivity contribution in [3.63, 3.8) is 0 Å². The summed E-state index contributed by atoms with van der Waals surface area (Å²) in [6, 6.07) is 11.3. The van der Waals surface area contributed by atoms with Crippen molar-refractivity contribution < 1.29 is 14.8 Å². The third-order valence-electron chi connectivity index (χ3n) is 4.09. The molecule has 2 aromatic rings. The Morgan fingerprint density at radius 3 is 2.45 bits per heavy atom. The molecule has 0 heterocycles. The Bertz CT molecular complexity index is 591. The molecule has 0 amide bonds. The molecule has 0 atom stereocenters. The van der Waals surface area contributed by atoms with Gasteiger partial charge in [-0.1, -0.05) is 37.1 Å². The van der Waals surface area contributed by atoms with Gasteiger partial charge in [0.15, 0.2) is 0 Å². The predicted molar refractivity (Wildman–Crippen MR) is 81.2 cm³/mol. The van der Waals surface area contributed by atoms with Gasteiger partial charge in [-0.25, -0.2) is 0 Å². The second-order valence-electron chi connectivity index (χ2n) is 5.60. The van der Waals surface area contributed by atoms with Crippen molar-refractivity contribution in [3.05, 3.63) is 36.4 Å². The van der Waals surface area contributed by atoms with Gasteiger partial charge in [0, 0.05) is 0 Å². The van der Waals surface area contributed by atoms with Gasteiger partial charge >= 0.3 is 7.12 Å². The maximum Gasteiger partial charge on any atom is 0.488 e. The summed E-state index contributed by atoms with van der Waals surface area (Å²) in [5.74, 6) is 1.60. The first kappa shape index (κ1) is 13.5. The quantitative estimate of drug-likeness (QED) is 0.836. The fourth-order valence-corrected chi connectivity index (χ4v) is 2.88. The van der Waals surface area contributed by atoms with E-state index in [1.165, 1.54) is 25.7 Å². The number of benzene rings is 2. The summed E-state index contributed by atoms with van der Waals surface area (Å²) in [5.41, 5.74) is 0.511. The number of hydrogen-bond donors (Lipinski definition) is 2. The van der Waals surface area contributed by atoms with Crippen molar-refractivity contribution in [2.24, 2.45) is 5.92 Å². The summed E-state index contributed by atoms with van der Waals surface area (Å²) in [6.07, 6.45) is 5.23. The zero-order valence-corrected chi connectivity index (χ0v) is 11.5. The lowest BCUT2D eigenvalue weighted by Crippen LogP contribution is -2.29. The molecule has 0 aliphatic heterocycles. The van der Waals surface area contributed by atoms with Crippen LogP contribution in [0.4, 0.5) is 0 Å². The average Bonchev–Trinajstić information content (AvgIpc) is 2.97. The van der Waals surface area contributed by atoms with Gasteiger partial charge < -0.3 is 14.8 Å². The van der Waals surface area contributed by atoms with Crippen LogP contribution in [0.25, 0.3) is 10.8 Å². The van der Waals surface area contributed by atoms with Crippen LogP contribution < -0.4 is 10.2 Å². The minimum absolute atomic E-state index is 0.511. The number of ether oxygens (including phenoxy) is 1. The summed E-state index contributed by atoms with van der Waals surface area (Å²) in [4.78, 5) is 0. The smallest absolute Gasteiger partial charge is 0.488 e. The first-order valence-corrected chi connectivity index (χ1v) is 7.25. The monoisotopic (exact) mass is 270 g/mol. The Labute approximate surface area is 119 Å². The van der Waals surface area contributed by atoms with Crippen LogP contribution in [0, 0.1) is 5.92 Å². The summed E-state index contributed by atoms with van der Waals surface area (Å²) in [7, 11) is -1.42. The molecule has 0 saturated heterocycles. The second-order valence-corrected chi connectivity index (χ2v) is 5.60. The first-order chi connectivity index (χ1) is 9.72. The number of fused-ring (bicyclic) bond motifs is 1. The molecule has 0 unspecified atom stereocenters. The minimum Gasteiger partial charge on any atom is -0.493 e. The minimum atomic E-state index is -1.42. The van der Waals surface area contributed by atoms with E-state index in [2.05, 4.69) is 0 Å². The van der Waals surface area contributed by atoms with Crippen molar-refractivity contribution in [2.75, 3.05) is 6.61 Å². The Morgan fingerprint density at radius 1 is 1.00 bits per heavy atom. The molecule has 3 nitrogen and oxygen atoms in total. The highest BCUT2D eigenvalue weighted by Crippen LogP contribution is 2.26. The van der Waals surface area contributed by atoms with Crippen molar-refractivity contribution >= 4 is 23.4 Å². The summed E-state index contributed by atoms with van der Waals surface area (Å²) in [6.45, 7) is 0.805. The van der Waals surface area contributed by atoms with Gasteiger partial charge in [-0.05, 0) is 47.1 Å². The van der Waals surface area contributed by atoms with Crippen LogP contribution in [0.5, 0.6) is 5.75 Å². The zero-order chi connectivity index (χ0) is 13.9. The molecule has 104 valence electrons. The van der Waals surface area contributed by atoms with Crippen molar-refractivity contribution in [1.29, 1.82) is 0 Å². The van der Waals surface area contributed by atoms with Crippen molar-refractivity contribution in [3.8, 4) is 5.75 Å². The van der Waals surface area contributed by atoms with Gasteiger partial charge in [-0.15, -0.1) is 0 Å². The number of hydrogen-bond acceptors (Lipinski definition) is 3. The lowest BCUT2D eigenvalue weighted by molar-refractivity contribution is 0.252. The molecule has 2 N–H and O–H groups in total. The molecule has 3 rings (SSSR count). The van der Waals surface area contributed by atoms with E-state index in [4.69, 9.17) is 4.74 Å². The maximum atomic E-state index is 9.17. The normalized spacial score (nSPS) is 15.7. The molecule has 1 aliphatic rings. The Kier molecular flexibility index (Phi) is 3.94. The van der Waals surface area contributed by atoms with Gasteiger partial charge in [-0.2, -0.15) is 0 Å². The fraction of sp³-hybridized carbons (Fsp3) is 0.375. The van der Waals surface area contributed by atoms with E-state index >= 15 is 0 Å². The third-order valence-corrected chi connectivity index (χ3v) is 4.09. The highest BCUT2D eigenvalue weighted by atomic mass is 16.5. The van der Waals surface area contributed by atoms with Crippen LogP contribution >= 0.6 is 0 Å². The molecule has 1 saturated carbocycles. The van der Waals surface area contributed by atoms with Crippen LogP contribution in [0.3, 0.4) is 0 Å². The lowest BCUT2D eigenvalue weighted by Gasteiger charge is -2.12. The van der Waals surface area contributed by atoms with Gasteiger partial charge in [0.25, 0.3) is 0 Å². The average molecular weight is 270 g/mol. The SMILES string of the molecule is OB(O)c1ccc2cc(OCC3CCCC3)ccc2c1. The van der Waals surface area contributed by atoms with Crippen LogP contribution in [0.2, 0.25) is 0 Å². The summed E-state index contributed by atoms with van der Waals surface area (Å²) in [5, 5.41) is 20.4. The van der Waals surface area contributed by atoms with Gasteiger partial charge in [0.1, 0.15) is 5.75 Å². The van der Waals surface area contributed by atoms with Crippen molar-refractivity contribution in [2.45, 2.75) is 25.7 Å². The van der Waals surface area contributed by atoms with E-state index in [-0.39, 0.29) is 0 Å². The summed E-state index contributed by atoms with van der Waals surface area (Å²) >= 11 is 0. The van der Waals surface area contributed by atoms with E-state index in [0.29, 0.717) is 11.4 Å². The largest absolute Gasteiger partial charge is 0.493 e. The Hall–Kier alpha value is -1.52. The van der Waals surface area contributed by atoms with Crippen LogP contribution in [-0.4, -0.2) is 23.8 Å². The molecule has 0 aromatic heterocycles. The van der Waals surface area contributed by atoms with Crippen LogP contribution in [0.15, 0.2) is 36.4 Å². The van der Waals surface area contributed by atoms with Gasteiger partial charge in [0.05, 0.1) is 6.61 Å². The molecule has 1 aliphatic carbocycles. The topological polar surface area (TPSA) is 49.7 Å². The van der Waals surface area contributed by atoms with Crippen molar-refractivity contribution in [1.82, 2.24) is 0 Å². The van der Waals surface area contributed by atoms with Crippen LogP contribution in [0.1, 0.15) is 25.7 Å². The second kappa shape index (κ2) is 5.86. The highest BCUT2D eigenvalue weighted by Gasteiger charge is 2.15. The van der Waals surface area contributed by atoms with E-state index in [9.17, 15) is 10.0 Å². The van der Waals surface area contributed by atoms with Crippen LogP contribution in [-0.2, 0) is 0 Å².